The van der Waals surface area contributed by atoms with Crippen molar-refractivity contribution < 1.29 is 14.3 Å². The lowest BCUT2D eigenvalue weighted by Gasteiger charge is -2.22. The van der Waals surface area contributed by atoms with Gasteiger partial charge in [0.1, 0.15) is 0 Å². The molecule has 2 heterocycles. The average molecular weight is 346 g/mol. The van der Waals surface area contributed by atoms with Crippen molar-refractivity contribution in [3.8, 4) is 0 Å². The smallest absolute Gasteiger partial charge is 0.253 e. The normalized spacial score (nSPS) is 22.1. The summed E-state index contributed by atoms with van der Waals surface area (Å²) in [6, 6.07) is 7.87. The van der Waals surface area contributed by atoms with Crippen LogP contribution >= 0.6 is 0 Å². The summed E-state index contributed by atoms with van der Waals surface area (Å²) >= 11 is 0. The molecular formula is C20H30N2O3. The average Bonchev–Trinajstić information content (AvgIpc) is 3.02. The van der Waals surface area contributed by atoms with Crippen molar-refractivity contribution in [2.24, 2.45) is 0 Å². The van der Waals surface area contributed by atoms with E-state index < -0.39 is 0 Å². The first-order chi connectivity index (χ1) is 12.2. The second-order valence-corrected chi connectivity index (χ2v) is 7.07. The van der Waals surface area contributed by atoms with Gasteiger partial charge in [-0.1, -0.05) is 17.7 Å². The maximum Gasteiger partial charge on any atom is 0.253 e. The number of rotatable bonds is 6. The molecule has 25 heavy (non-hydrogen) atoms. The number of ether oxygens (including phenoxy) is 2. The van der Waals surface area contributed by atoms with Gasteiger partial charge in [0, 0.05) is 38.3 Å². The van der Waals surface area contributed by atoms with E-state index in [0.29, 0.717) is 12.7 Å². The van der Waals surface area contributed by atoms with Crippen molar-refractivity contribution in [1.29, 1.82) is 0 Å². The van der Waals surface area contributed by atoms with Crippen molar-refractivity contribution in [1.82, 2.24) is 9.80 Å². The number of nitrogens with zero attached hydrogens (tertiary/aromatic N) is 2. The summed E-state index contributed by atoms with van der Waals surface area (Å²) in [5.41, 5.74) is 1.93. The monoisotopic (exact) mass is 346 g/mol. The third-order valence-electron chi connectivity index (χ3n) is 5.02. The highest BCUT2D eigenvalue weighted by Gasteiger charge is 2.20. The standard InChI is InChI=1S/C20H30N2O3/c1-17-5-2-6-18(15-17)20(23)22-9-4-8-21(10-11-22)12-14-24-16-19-7-3-13-25-19/h2,5-6,15,19H,3-4,7-14,16H2,1H3/t19-/m1/s1. The molecule has 0 bridgehead atoms. The highest BCUT2D eigenvalue weighted by Crippen LogP contribution is 2.13. The number of benzene rings is 1. The van der Waals surface area contributed by atoms with Gasteiger partial charge in [-0.15, -0.1) is 0 Å². The lowest BCUT2D eigenvalue weighted by Crippen LogP contribution is -2.36. The molecule has 2 aliphatic rings. The van der Waals surface area contributed by atoms with Crippen molar-refractivity contribution in [3.63, 3.8) is 0 Å². The predicted octanol–water partition coefficient (Wildman–Crippen LogP) is 2.34. The molecule has 138 valence electrons. The van der Waals surface area contributed by atoms with E-state index in [-0.39, 0.29) is 5.91 Å². The van der Waals surface area contributed by atoms with Gasteiger partial charge in [-0.2, -0.15) is 0 Å². The molecule has 5 heteroatoms. The minimum absolute atomic E-state index is 0.153. The molecule has 0 spiro atoms. The second kappa shape index (κ2) is 9.32. The Bertz CT molecular complexity index is 558. The number of amides is 1. The number of aryl methyl sites for hydroxylation is 1. The van der Waals surface area contributed by atoms with E-state index in [9.17, 15) is 4.79 Å². The van der Waals surface area contributed by atoms with Gasteiger partial charge in [0.15, 0.2) is 0 Å². The van der Waals surface area contributed by atoms with Crippen LogP contribution in [0.2, 0.25) is 0 Å². The number of hydrogen-bond donors (Lipinski definition) is 0. The molecule has 0 unspecified atom stereocenters. The van der Waals surface area contributed by atoms with Crippen molar-refractivity contribution >= 4 is 5.91 Å². The largest absolute Gasteiger partial charge is 0.377 e. The van der Waals surface area contributed by atoms with Gasteiger partial charge in [-0.3, -0.25) is 9.69 Å². The Morgan fingerprint density at radius 3 is 2.96 bits per heavy atom. The molecule has 0 N–H and O–H groups in total. The van der Waals surface area contributed by atoms with Crippen LogP contribution in [-0.4, -0.2) is 74.4 Å². The lowest BCUT2D eigenvalue weighted by molar-refractivity contribution is 0.0107. The lowest BCUT2D eigenvalue weighted by atomic mass is 10.1. The number of carbonyl (C=O) groups is 1. The summed E-state index contributed by atoms with van der Waals surface area (Å²) in [5.74, 6) is 0.153. The summed E-state index contributed by atoms with van der Waals surface area (Å²) < 4.78 is 11.3. The van der Waals surface area contributed by atoms with Crippen molar-refractivity contribution in [2.45, 2.75) is 32.3 Å². The van der Waals surface area contributed by atoms with Gasteiger partial charge in [-0.25, -0.2) is 0 Å². The van der Waals surface area contributed by atoms with Crippen LogP contribution in [0, 0.1) is 6.92 Å². The SMILES string of the molecule is Cc1cccc(C(=O)N2CCCN(CCOC[C@H]3CCCO3)CC2)c1. The Morgan fingerprint density at radius 1 is 1.24 bits per heavy atom. The molecular weight excluding hydrogens is 316 g/mol. The van der Waals surface area contributed by atoms with E-state index in [4.69, 9.17) is 9.47 Å². The Morgan fingerprint density at radius 2 is 2.16 bits per heavy atom. The summed E-state index contributed by atoms with van der Waals surface area (Å²) in [4.78, 5) is 17.1. The minimum atomic E-state index is 0.153. The minimum Gasteiger partial charge on any atom is -0.377 e. The van der Waals surface area contributed by atoms with Gasteiger partial charge in [-0.05, 0) is 44.9 Å². The van der Waals surface area contributed by atoms with E-state index in [1.54, 1.807) is 0 Å². The van der Waals surface area contributed by atoms with Gasteiger partial charge >= 0.3 is 0 Å². The Balaban J connectivity index is 1.40. The van der Waals surface area contributed by atoms with Gasteiger partial charge in [0.05, 0.1) is 19.3 Å². The van der Waals surface area contributed by atoms with Gasteiger partial charge in [0.25, 0.3) is 5.91 Å². The fraction of sp³-hybridized carbons (Fsp3) is 0.650. The molecule has 0 saturated carbocycles. The van der Waals surface area contributed by atoms with E-state index >= 15 is 0 Å². The molecule has 2 aliphatic heterocycles. The first kappa shape index (κ1) is 18.4. The van der Waals surface area contributed by atoms with E-state index in [1.807, 2.05) is 36.1 Å². The van der Waals surface area contributed by atoms with E-state index in [0.717, 1.165) is 76.3 Å². The van der Waals surface area contributed by atoms with Crippen LogP contribution in [0.3, 0.4) is 0 Å². The van der Waals surface area contributed by atoms with Crippen LogP contribution in [0.4, 0.5) is 0 Å². The predicted molar refractivity (Wildman–Crippen MR) is 97.9 cm³/mol. The summed E-state index contributed by atoms with van der Waals surface area (Å²) in [7, 11) is 0. The molecule has 2 saturated heterocycles. The van der Waals surface area contributed by atoms with Gasteiger partial charge in [0.2, 0.25) is 0 Å². The molecule has 5 nitrogen and oxygen atoms in total. The molecule has 3 rings (SSSR count). The molecule has 0 aliphatic carbocycles. The highest BCUT2D eigenvalue weighted by molar-refractivity contribution is 5.94. The van der Waals surface area contributed by atoms with E-state index in [1.165, 1.54) is 0 Å². The molecule has 1 amide bonds. The topological polar surface area (TPSA) is 42.0 Å². The maximum atomic E-state index is 12.7. The molecule has 0 radical (unpaired) electrons. The third-order valence-corrected chi connectivity index (χ3v) is 5.02. The molecule has 1 atom stereocenters. The Labute approximate surface area is 150 Å². The quantitative estimate of drug-likeness (QED) is 0.742. The van der Waals surface area contributed by atoms with Crippen molar-refractivity contribution in [2.75, 3.05) is 52.5 Å². The van der Waals surface area contributed by atoms with Crippen LogP contribution in [0.1, 0.15) is 35.2 Å². The first-order valence-electron chi connectivity index (χ1n) is 9.50. The Hall–Kier alpha value is -1.43. The van der Waals surface area contributed by atoms with Crippen molar-refractivity contribution in [3.05, 3.63) is 35.4 Å². The zero-order valence-electron chi connectivity index (χ0n) is 15.3. The fourth-order valence-electron chi connectivity index (χ4n) is 3.54. The molecule has 1 aromatic carbocycles. The first-order valence-corrected chi connectivity index (χ1v) is 9.50. The maximum absolute atomic E-state index is 12.7. The number of carbonyl (C=O) groups excluding carboxylic acids is 1. The van der Waals surface area contributed by atoms with Crippen LogP contribution in [0.5, 0.6) is 0 Å². The molecule has 2 fully saturated rings. The van der Waals surface area contributed by atoms with Crippen LogP contribution in [0.25, 0.3) is 0 Å². The molecule has 1 aromatic rings. The fourth-order valence-corrected chi connectivity index (χ4v) is 3.54. The molecule has 0 aromatic heterocycles. The zero-order valence-corrected chi connectivity index (χ0v) is 15.3. The zero-order chi connectivity index (χ0) is 17.5. The Kier molecular flexibility index (Phi) is 6.84. The summed E-state index contributed by atoms with van der Waals surface area (Å²) in [6.45, 7) is 8.86. The summed E-state index contributed by atoms with van der Waals surface area (Å²) in [5, 5.41) is 0. The summed E-state index contributed by atoms with van der Waals surface area (Å²) in [6.07, 6.45) is 3.60. The van der Waals surface area contributed by atoms with Crippen LogP contribution < -0.4 is 0 Å². The van der Waals surface area contributed by atoms with Crippen LogP contribution in [-0.2, 0) is 9.47 Å². The third kappa shape index (κ3) is 5.53. The van der Waals surface area contributed by atoms with Crippen LogP contribution in [0.15, 0.2) is 24.3 Å². The number of hydrogen-bond acceptors (Lipinski definition) is 4. The second-order valence-electron chi connectivity index (χ2n) is 7.07. The van der Waals surface area contributed by atoms with E-state index in [2.05, 4.69) is 4.90 Å². The highest BCUT2D eigenvalue weighted by atomic mass is 16.5. The van der Waals surface area contributed by atoms with Gasteiger partial charge < -0.3 is 14.4 Å².